The average molecular weight is 392 g/mol. The Labute approximate surface area is 170 Å². The molecule has 6 heteroatoms. The number of Topliss-reactive ketones (excluding diaryl/α,β-unsaturated/α-hetero) is 1. The second-order valence-corrected chi connectivity index (χ2v) is 7.48. The lowest BCUT2D eigenvalue weighted by Crippen LogP contribution is -2.55. The first-order chi connectivity index (χ1) is 14.1. The maximum absolute atomic E-state index is 12.7. The van der Waals surface area contributed by atoms with Crippen molar-refractivity contribution in [2.45, 2.75) is 25.3 Å². The number of ether oxygens (including phenoxy) is 1. The molecule has 2 amide bonds. The SMILES string of the molecule is COc1ccc(C(=O)CCC(=O)N2CC(=O)N3CCc4ccccc4C3C2)cc1. The highest BCUT2D eigenvalue weighted by Gasteiger charge is 2.38. The number of carbonyl (C=O) groups is 3. The smallest absolute Gasteiger partial charge is 0.242 e. The molecule has 0 bridgehead atoms. The Balaban J connectivity index is 1.40. The van der Waals surface area contributed by atoms with Gasteiger partial charge in [-0.3, -0.25) is 14.4 Å². The van der Waals surface area contributed by atoms with Crippen LogP contribution in [0.5, 0.6) is 5.75 Å². The van der Waals surface area contributed by atoms with Crippen molar-refractivity contribution in [2.24, 2.45) is 0 Å². The van der Waals surface area contributed by atoms with E-state index in [-0.39, 0.29) is 43.0 Å². The van der Waals surface area contributed by atoms with E-state index in [0.29, 0.717) is 24.4 Å². The predicted octanol–water partition coefficient (Wildman–Crippen LogP) is 2.63. The van der Waals surface area contributed by atoms with E-state index < -0.39 is 0 Å². The summed E-state index contributed by atoms with van der Waals surface area (Å²) in [5.41, 5.74) is 2.92. The summed E-state index contributed by atoms with van der Waals surface area (Å²) in [7, 11) is 1.57. The van der Waals surface area contributed by atoms with Gasteiger partial charge in [-0.1, -0.05) is 24.3 Å². The van der Waals surface area contributed by atoms with E-state index in [1.54, 1.807) is 36.3 Å². The van der Waals surface area contributed by atoms with Crippen molar-refractivity contribution >= 4 is 17.6 Å². The molecule has 2 aromatic rings. The van der Waals surface area contributed by atoms with Crippen LogP contribution in [0, 0.1) is 0 Å². The lowest BCUT2D eigenvalue weighted by Gasteiger charge is -2.44. The summed E-state index contributed by atoms with van der Waals surface area (Å²) in [6.07, 6.45) is 1.08. The summed E-state index contributed by atoms with van der Waals surface area (Å²) in [5, 5.41) is 0. The van der Waals surface area contributed by atoms with Crippen molar-refractivity contribution in [2.75, 3.05) is 26.7 Å². The maximum atomic E-state index is 12.7. The lowest BCUT2D eigenvalue weighted by atomic mass is 9.90. The Morgan fingerprint density at radius 2 is 1.83 bits per heavy atom. The molecule has 0 radical (unpaired) electrons. The molecule has 1 saturated heterocycles. The number of methoxy groups -OCH3 is 1. The van der Waals surface area contributed by atoms with E-state index in [1.807, 2.05) is 23.1 Å². The Kier molecular flexibility index (Phi) is 5.34. The molecule has 0 aliphatic carbocycles. The van der Waals surface area contributed by atoms with Crippen molar-refractivity contribution < 1.29 is 19.1 Å². The molecule has 150 valence electrons. The van der Waals surface area contributed by atoms with Crippen LogP contribution >= 0.6 is 0 Å². The van der Waals surface area contributed by atoms with Crippen LogP contribution in [0.1, 0.15) is 40.4 Å². The van der Waals surface area contributed by atoms with Gasteiger partial charge in [0.05, 0.1) is 19.7 Å². The third kappa shape index (κ3) is 3.88. The Morgan fingerprint density at radius 3 is 2.59 bits per heavy atom. The number of hydrogen-bond acceptors (Lipinski definition) is 4. The van der Waals surface area contributed by atoms with Crippen molar-refractivity contribution in [1.29, 1.82) is 0 Å². The zero-order valence-electron chi connectivity index (χ0n) is 16.5. The maximum Gasteiger partial charge on any atom is 0.242 e. The van der Waals surface area contributed by atoms with Gasteiger partial charge in [-0.2, -0.15) is 0 Å². The second kappa shape index (κ2) is 8.07. The summed E-state index contributed by atoms with van der Waals surface area (Å²) >= 11 is 0. The average Bonchev–Trinajstić information content (AvgIpc) is 2.77. The third-order valence-corrected chi connectivity index (χ3v) is 5.78. The first-order valence-corrected chi connectivity index (χ1v) is 9.89. The zero-order chi connectivity index (χ0) is 20.4. The van der Waals surface area contributed by atoms with Gasteiger partial charge in [-0.25, -0.2) is 0 Å². The molecule has 2 heterocycles. The summed E-state index contributed by atoms with van der Waals surface area (Å²) < 4.78 is 5.10. The van der Waals surface area contributed by atoms with E-state index in [4.69, 9.17) is 4.74 Å². The normalized spacial score (nSPS) is 18.1. The quantitative estimate of drug-likeness (QED) is 0.734. The summed E-state index contributed by atoms with van der Waals surface area (Å²) in [4.78, 5) is 41.3. The van der Waals surface area contributed by atoms with Crippen LogP contribution in [0.3, 0.4) is 0 Å². The van der Waals surface area contributed by atoms with E-state index in [0.717, 1.165) is 12.0 Å². The molecule has 2 aliphatic heterocycles. The number of ketones is 1. The van der Waals surface area contributed by atoms with Crippen LogP contribution in [0.25, 0.3) is 0 Å². The van der Waals surface area contributed by atoms with Gasteiger partial charge < -0.3 is 14.5 Å². The molecule has 0 spiro atoms. The fraction of sp³-hybridized carbons (Fsp3) is 0.348. The predicted molar refractivity (Wildman–Crippen MR) is 108 cm³/mol. The summed E-state index contributed by atoms with van der Waals surface area (Å²) in [5.74, 6) is 0.421. The van der Waals surface area contributed by atoms with Gasteiger partial charge in [0, 0.05) is 31.5 Å². The standard InChI is InChI=1S/C23H24N2O4/c1-29-18-8-6-17(7-9-18)21(26)10-11-22(27)24-14-20-19-5-3-2-4-16(19)12-13-25(20)23(28)15-24/h2-9,20H,10-15H2,1H3. The number of amides is 2. The van der Waals surface area contributed by atoms with Crippen molar-refractivity contribution in [1.82, 2.24) is 9.80 Å². The Hall–Kier alpha value is -3.15. The van der Waals surface area contributed by atoms with Gasteiger partial charge in [0.2, 0.25) is 11.8 Å². The number of carbonyl (C=O) groups excluding carboxylic acids is 3. The Morgan fingerprint density at radius 1 is 1.07 bits per heavy atom. The van der Waals surface area contributed by atoms with Crippen LogP contribution in [-0.2, 0) is 16.0 Å². The topological polar surface area (TPSA) is 66.9 Å². The summed E-state index contributed by atoms with van der Waals surface area (Å²) in [6, 6.07) is 14.9. The largest absolute Gasteiger partial charge is 0.497 e. The van der Waals surface area contributed by atoms with Gasteiger partial charge in [-0.05, 0) is 41.8 Å². The van der Waals surface area contributed by atoms with Crippen LogP contribution < -0.4 is 4.74 Å². The van der Waals surface area contributed by atoms with Gasteiger partial charge in [0.15, 0.2) is 5.78 Å². The van der Waals surface area contributed by atoms with E-state index in [2.05, 4.69) is 6.07 Å². The first kappa shape index (κ1) is 19.2. The molecule has 0 saturated carbocycles. The highest BCUT2D eigenvalue weighted by atomic mass is 16.5. The molecule has 29 heavy (non-hydrogen) atoms. The summed E-state index contributed by atoms with van der Waals surface area (Å²) in [6.45, 7) is 1.27. The number of benzene rings is 2. The van der Waals surface area contributed by atoms with E-state index >= 15 is 0 Å². The van der Waals surface area contributed by atoms with Gasteiger partial charge >= 0.3 is 0 Å². The fourth-order valence-corrected chi connectivity index (χ4v) is 4.16. The van der Waals surface area contributed by atoms with Crippen molar-refractivity contribution in [3.05, 3.63) is 65.2 Å². The lowest BCUT2D eigenvalue weighted by molar-refractivity contribution is -0.149. The number of hydrogen-bond donors (Lipinski definition) is 0. The molecule has 1 fully saturated rings. The minimum atomic E-state index is -0.150. The van der Waals surface area contributed by atoms with Crippen LogP contribution in [0.4, 0.5) is 0 Å². The number of fused-ring (bicyclic) bond motifs is 3. The highest BCUT2D eigenvalue weighted by Crippen LogP contribution is 2.33. The van der Waals surface area contributed by atoms with Crippen molar-refractivity contribution in [3.63, 3.8) is 0 Å². The monoisotopic (exact) mass is 392 g/mol. The molecule has 4 rings (SSSR count). The molecular weight excluding hydrogens is 368 g/mol. The molecule has 2 aliphatic rings. The number of piperazine rings is 1. The van der Waals surface area contributed by atoms with Crippen LogP contribution in [0.2, 0.25) is 0 Å². The van der Waals surface area contributed by atoms with Gasteiger partial charge in [0.1, 0.15) is 5.75 Å². The molecule has 6 nitrogen and oxygen atoms in total. The van der Waals surface area contributed by atoms with E-state index in [1.165, 1.54) is 5.56 Å². The minimum Gasteiger partial charge on any atom is -0.497 e. The fourth-order valence-electron chi connectivity index (χ4n) is 4.16. The number of rotatable bonds is 5. The van der Waals surface area contributed by atoms with Gasteiger partial charge in [-0.15, -0.1) is 0 Å². The van der Waals surface area contributed by atoms with Crippen molar-refractivity contribution in [3.8, 4) is 5.75 Å². The highest BCUT2D eigenvalue weighted by molar-refractivity contribution is 5.98. The molecule has 0 aromatic heterocycles. The van der Waals surface area contributed by atoms with Gasteiger partial charge in [0.25, 0.3) is 0 Å². The Bertz CT molecular complexity index is 938. The zero-order valence-corrected chi connectivity index (χ0v) is 16.5. The third-order valence-electron chi connectivity index (χ3n) is 5.78. The van der Waals surface area contributed by atoms with Crippen LogP contribution in [0.15, 0.2) is 48.5 Å². The number of nitrogens with zero attached hydrogens (tertiary/aromatic N) is 2. The van der Waals surface area contributed by atoms with E-state index in [9.17, 15) is 14.4 Å². The second-order valence-electron chi connectivity index (χ2n) is 7.48. The minimum absolute atomic E-state index is 0.0226. The molecule has 1 atom stereocenters. The molecule has 2 aromatic carbocycles. The molecule has 0 N–H and O–H groups in total. The van der Waals surface area contributed by atoms with Crippen LogP contribution in [-0.4, -0.2) is 54.1 Å². The molecule has 1 unspecified atom stereocenters. The molecular formula is C23H24N2O4. The first-order valence-electron chi connectivity index (χ1n) is 9.89.